The maximum absolute atomic E-state index is 7.41. The highest BCUT2D eigenvalue weighted by atomic mass is 16.7. The van der Waals surface area contributed by atoms with Crippen LogP contribution in [0.4, 0.5) is 0 Å². The lowest BCUT2D eigenvalue weighted by Crippen LogP contribution is -2.26. The first-order valence-corrected chi connectivity index (χ1v) is 3.31. The van der Waals surface area contributed by atoms with E-state index in [0.29, 0.717) is 0 Å². The van der Waals surface area contributed by atoms with Crippen molar-refractivity contribution in [3.05, 3.63) is 0 Å². The van der Waals surface area contributed by atoms with Gasteiger partial charge in [-0.15, -0.1) is 24.7 Å². The summed E-state index contributed by atoms with van der Waals surface area (Å²) in [5, 5.41) is 43.7. The first kappa shape index (κ1) is 144. The monoisotopic (exact) mass is 392 g/mol. The van der Waals surface area contributed by atoms with Crippen molar-refractivity contribution in [1.82, 2.24) is 0 Å². The molecule has 0 aliphatic heterocycles. The van der Waals surface area contributed by atoms with Gasteiger partial charge in [0.1, 0.15) is 0 Å². The fraction of sp³-hybridized carbons (Fsp3) is 0.750. The van der Waals surface area contributed by atoms with E-state index in [2.05, 4.69) is 32.5 Å². The second-order valence-corrected chi connectivity index (χ2v) is 1.61. The molecule has 0 unspecified atom stereocenters. The van der Waals surface area contributed by atoms with E-state index >= 15 is 0 Å². The highest BCUT2D eigenvalue weighted by Crippen LogP contribution is 1.74. The minimum atomic E-state index is -3.00. The zero-order chi connectivity index (χ0) is 13.5. The molecule has 0 bridgehead atoms. The third kappa shape index (κ3) is 12000. The molecule has 0 heterocycles. The van der Waals surface area contributed by atoms with E-state index in [0.717, 1.165) is 0 Å². The topological polar surface area (TPSA) is 153 Å². The summed E-state index contributed by atoms with van der Waals surface area (Å²) < 4.78 is 0. The molecule has 0 saturated carbocycles. The number of hydrogen-bond acceptors (Lipinski definition) is 6. The zero-order valence-electron chi connectivity index (χ0n) is 10.1. The molecule has 0 spiro atoms. The van der Waals surface area contributed by atoms with Gasteiger partial charge in [0, 0.05) is 19.7 Å². The Hall–Kier alpha value is -0.965. The Morgan fingerprint density at radius 3 is 0.731 bits per heavy atom. The molecule has 26 heavy (non-hydrogen) atoms. The Kier molecular flexibility index (Phi) is 700. The number of rotatable bonds is 0. The van der Waals surface area contributed by atoms with Gasteiger partial charge in [0.25, 0.3) is 6.48 Å². The van der Waals surface area contributed by atoms with E-state index in [4.69, 9.17) is 30.6 Å². The molecule has 168 valence electrons. The third-order valence-electron chi connectivity index (χ3n) is 0. The Labute approximate surface area is 174 Å². The Morgan fingerprint density at radius 2 is 0.731 bits per heavy atom. The highest BCUT2D eigenvalue weighted by Gasteiger charge is 2.03. The summed E-state index contributed by atoms with van der Waals surface area (Å²) in [7, 11) is 4.02. The van der Waals surface area contributed by atoms with Gasteiger partial charge in [-0.3, -0.25) is 0 Å². The van der Waals surface area contributed by atoms with Crippen LogP contribution in [0.3, 0.4) is 0 Å². The molecule has 10 heteroatoms. The van der Waals surface area contributed by atoms with Crippen molar-refractivity contribution in [2.24, 2.45) is 0 Å². The van der Waals surface area contributed by atoms with E-state index in [1.54, 1.807) is 13.8 Å². The second kappa shape index (κ2) is 127. The van der Waals surface area contributed by atoms with Gasteiger partial charge >= 0.3 is 0 Å². The molecule has 0 aromatic heterocycles. The normalized spacial score (nSPS) is 4.27. The molecule has 0 aliphatic carbocycles. The Bertz CT molecular complexity index is 177. The fourth-order valence-corrected chi connectivity index (χ4v) is 0. The van der Waals surface area contributed by atoms with Crippen molar-refractivity contribution in [3.63, 3.8) is 0 Å². The SMILES string of the molecule is C.C.C.C.C.C.C.C.C#CC.C#CC.O.OC(O)O.[2HH].[2HH].[B].[B].[B]C(O)(O)O. The molecule has 8 N–H and O–H groups in total. The van der Waals surface area contributed by atoms with Gasteiger partial charge in [0.2, 0.25) is 5.87 Å². The standard InChI is InChI=1S/2C3H4.CH3BO3.CH4O3.8CH4.2B.H2O.2H2/c2*1-3-2;2-1(3,4)5;2-1(3)4;;;;;;;;;;;;;/h2*1H,2H3;3-5H;1-4H;8*1H4;;;1H2;2*1H/i;;;;;;;;;;;;;;;2*1+1. The van der Waals surface area contributed by atoms with E-state index < -0.39 is 12.3 Å². The average Bonchev–Trinajstić information content (AvgIpc) is 1.82. The lowest BCUT2D eigenvalue weighted by atomic mass is 10.1. The molecule has 0 rings (SSSR count). The summed E-state index contributed by atoms with van der Waals surface area (Å²) in [4.78, 5) is 0. The van der Waals surface area contributed by atoms with Gasteiger partial charge in [-0.05, 0) is 13.8 Å². The molecule has 0 aromatic carbocycles. The van der Waals surface area contributed by atoms with Crippen LogP contribution >= 0.6 is 0 Å². The molecule has 0 aliphatic rings. The summed E-state index contributed by atoms with van der Waals surface area (Å²) in [6, 6.07) is 0. The lowest BCUT2D eigenvalue weighted by molar-refractivity contribution is -0.243. The van der Waals surface area contributed by atoms with Crippen molar-refractivity contribution in [1.29, 1.82) is 0 Å². The van der Waals surface area contributed by atoms with Crippen LogP contribution in [0, 0.1) is 24.7 Å². The van der Waals surface area contributed by atoms with Gasteiger partial charge in [-0.1, -0.05) is 59.4 Å². The summed E-state index contributed by atoms with van der Waals surface area (Å²) in [6.07, 6.45) is 9.19. The molecule has 7 nitrogen and oxygen atoms in total. The summed E-state index contributed by atoms with van der Waals surface area (Å²) in [5.41, 5.74) is 0. The molecular weight excluding hydrogens is 337 g/mol. The molecule has 0 aromatic rings. The number of aliphatic hydroxyl groups is 6. The quantitative estimate of drug-likeness (QED) is 0.207. The van der Waals surface area contributed by atoms with Gasteiger partial charge in [-0.2, -0.15) is 0 Å². The van der Waals surface area contributed by atoms with Crippen LogP contribution in [0.2, 0.25) is 0 Å². The van der Waals surface area contributed by atoms with E-state index in [9.17, 15) is 0 Å². The highest BCUT2D eigenvalue weighted by molar-refractivity contribution is 6.11. The van der Waals surface area contributed by atoms with E-state index in [-0.39, 0.29) is 84.6 Å². The summed E-state index contributed by atoms with van der Waals surface area (Å²) in [5.74, 6) is 1.50. The molecule has 8 radical (unpaired) electrons. The second-order valence-electron chi connectivity index (χ2n) is 1.61. The predicted molar refractivity (Wildman–Crippen MR) is 128 cm³/mol. The minimum absolute atomic E-state index is 0. The van der Waals surface area contributed by atoms with Crippen LogP contribution in [0.25, 0.3) is 0 Å². The zero-order valence-corrected chi connectivity index (χ0v) is 10.1. The summed E-state index contributed by atoms with van der Waals surface area (Å²) in [6.45, 7) is 1.14. The van der Waals surface area contributed by atoms with Crippen molar-refractivity contribution in [2.45, 2.75) is 85.6 Å². The molecule has 0 atom stereocenters. The largest absolute Gasteiger partial charge is 0.412 e. The number of terminal acetylenes is 2. The van der Waals surface area contributed by atoms with Crippen molar-refractivity contribution in [2.75, 3.05) is 0 Å². The summed E-state index contributed by atoms with van der Waals surface area (Å²) >= 11 is 0. The van der Waals surface area contributed by atoms with Gasteiger partial charge in [0.05, 0.1) is 0 Å². The van der Waals surface area contributed by atoms with Crippen molar-refractivity contribution < 1.29 is 39.0 Å². The van der Waals surface area contributed by atoms with Crippen LogP contribution in [0.5, 0.6) is 0 Å². The van der Waals surface area contributed by atoms with Gasteiger partial charge in [-0.25, -0.2) is 0 Å². The fourth-order valence-electron chi connectivity index (χ4n) is 0. The minimum Gasteiger partial charge on any atom is -0.412 e. The van der Waals surface area contributed by atoms with Crippen molar-refractivity contribution in [3.8, 4) is 24.7 Å². The average molecular weight is 392 g/mol. The maximum Gasteiger partial charge on any atom is 0.263 e. The van der Waals surface area contributed by atoms with Crippen LogP contribution in [0.15, 0.2) is 0 Å². The van der Waals surface area contributed by atoms with Gasteiger partial charge in [0.15, 0.2) is 7.85 Å². The Balaban J connectivity index is -0.00000000337. The van der Waals surface area contributed by atoms with Crippen LogP contribution in [-0.4, -0.2) is 73.1 Å². The first-order valence-electron chi connectivity index (χ1n) is 3.31. The predicted octanol–water partition coefficient (Wildman–Crippen LogP) is 1.26. The maximum atomic E-state index is 7.41. The first-order chi connectivity index (χ1) is 6.56. The van der Waals surface area contributed by atoms with Crippen molar-refractivity contribution >= 4 is 24.7 Å². The van der Waals surface area contributed by atoms with E-state index in [1.807, 2.05) is 0 Å². The van der Waals surface area contributed by atoms with Crippen LogP contribution in [-0.2, 0) is 0 Å². The Morgan fingerprint density at radius 1 is 0.731 bits per heavy atom. The van der Waals surface area contributed by atoms with Crippen LogP contribution < -0.4 is 0 Å². The third-order valence-corrected chi connectivity index (χ3v) is 0. The lowest BCUT2D eigenvalue weighted by Gasteiger charge is -2.03. The smallest absolute Gasteiger partial charge is 0.263 e. The van der Waals surface area contributed by atoms with Gasteiger partial charge < -0.3 is 36.1 Å². The molecule has 0 amide bonds. The number of aliphatic hydroxyl groups excluding tert-OH is 1. The molecule has 0 saturated heterocycles. The molecular formula is C16H53B3O7. The van der Waals surface area contributed by atoms with Crippen LogP contribution in [0.1, 0.15) is 76.1 Å². The number of hydrogen-bond donors (Lipinski definition) is 6. The molecule has 0 fully saturated rings. The van der Waals surface area contributed by atoms with E-state index in [1.165, 1.54) is 0 Å².